The van der Waals surface area contributed by atoms with Crippen LogP contribution in [0.15, 0.2) is 48.7 Å². The van der Waals surface area contributed by atoms with Gasteiger partial charge in [0.05, 0.1) is 0 Å². The van der Waals surface area contributed by atoms with Gasteiger partial charge >= 0.3 is 0 Å². The van der Waals surface area contributed by atoms with Crippen molar-refractivity contribution in [3.63, 3.8) is 0 Å². The summed E-state index contributed by atoms with van der Waals surface area (Å²) in [6, 6.07) is 0. The van der Waals surface area contributed by atoms with Gasteiger partial charge in [0.25, 0.3) is 0 Å². The molecule has 0 aliphatic carbocycles. The molecule has 0 aliphatic rings. The third-order valence-electron chi connectivity index (χ3n) is 1.01. The lowest BCUT2D eigenvalue weighted by Gasteiger charge is -1.78. The maximum absolute atomic E-state index is 2.90. The highest BCUT2D eigenvalue weighted by Gasteiger charge is 1.60. The number of allylic oxidation sites excluding steroid dienone is 7. The lowest BCUT2D eigenvalue weighted by Crippen LogP contribution is -1.89. The van der Waals surface area contributed by atoms with E-state index in [4.69, 9.17) is 0 Å². The molecule has 60 valence electrons. The van der Waals surface area contributed by atoms with Crippen LogP contribution < -0.4 is 5.32 Å². The Morgan fingerprint density at radius 1 is 0.818 bits per heavy atom. The molecule has 0 radical (unpaired) electrons. The van der Waals surface area contributed by atoms with Crippen LogP contribution in [0.1, 0.15) is 6.92 Å². The molecule has 0 aromatic rings. The molecular weight excluding hydrogens is 134 g/mol. The third kappa shape index (κ3) is 8.76. The van der Waals surface area contributed by atoms with Crippen molar-refractivity contribution in [2.45, 2.75) is 6.92 Å². The fourth-order valence-corrected chi connectivity index (χ4v) is 0.519. The van der Waals surface area contributed by atoms with Crippen molar-refractivity contribution in [1.82, 2.24) is 5.32 Å². The summed E-state index contributed by atoms with van der Waals surface area (Å²) in [5, 5.41) is 2.90. The van der Waals surface area contributed by atoms with E-state index in [0.717, 1.165) is 0 Å². The molecule has 1 nitrogen and oxygen atoms in total. The summed E-state index contributed by atoms with van der Waals surface area (Å²) in [5.74, 6) is 0. The standard InChI is InChI=1S/C10H15N/c1-3-4-5-6-7-8-9-10-11-2/h3-11H,1-2H3. The highest BCUT2D eigenvalue weighted by molar-refractivity contribution is 5.14. The van der Waals surface area contributed by atoms with E-state index in [-0.39, 0.29) is 0 Å². The first kappa shape index (κ1) is 9.76. The molecule has 0 spiro atoms. The lowest BCUT2D eigenvalue weighted by atomic mass is 10.4. The second-order valence-corrected chi connectivity index (χ2v) is 1.94. The molecule has 1 N–H and O–H groups in total. The van der Waals surface area contributed by atoms with Gasteiger partial charge in [0.2, 0.25) is 0 Å². The predicted molar refractivity (Wildman–Crippen MR) is 51.3 cm³/mol. The Morgan fingerprint density at radius 3 is 1.91 bits per heavy atom. The van der Waals surface area contributed by atoms with Crippen LogP contribution in [-0.2, 0) is 0 Å². The van der Waals surface area contributed by atoms with Gasteiger partial charge in [-0.3, -0.25) is 0 Å². The average Bonchev–Trinajstić information content (AvgIpc) is 2.03. The van der Waals surface area contributed by atoms with Gasteiger partial charge in [-0.2, -0.15) is 0 Å². The molecule has 0 fully saturated rings. The van der Waals surface area contributed by atoms with Crippen molar-refractivity contribution in [3.05, 3.63) is 48.7 Å². The zero-order valence-electron chi connectivity index (χ0n) is 7.12. The van der Waals surface area contributed by atoms with Gasteiger partial charge in [-0.05, 0) is 19.2 Å². The van der Waals surface area contributed by atoms with Crippen LogP contribution in [0.25, 0.3) is 0 Å². The van der Waals surface area contributed by atoms with E-state index in [9.17, 15) is 0 Å². The molecule has 0 aromatic heterocycles. The number of nitrogens with one attached hydrogen (secondary N) is 1. The minimum atomic E-state index is 1.88. The van der Waals surface area contributed by atoms with Crippen LogP contribution in [-0.4, -0.2) is 7.05 Å². The predicted octanol–water partition coefficient (Wildman–Crippen LogP) is 2.41. The van der Waals surface area contributed by atoms with Crippen molar-refractivity contribution < 1.29 is 0 Å². The first-order valence-electron chi connectivity index (χ1n) is 3.70. The Labute approximate surface area is 68.8 Å². The first-order valence-corrected chi connectivity index (χ1v) is 3.70. The van der Waals surface area contributed by atoms with E-state index in [1.165, 1.54) is 0 Å². The van der Waals surface area contributed by atoms with E-state index in [0.29, 0.717) is 0 Å². The Kier molecular flexibility index (Phi) is 7.77. The van der Waals surface area contributed by atoms with Crippen LogP contribution in [0.3, 0.4) is 0 Å². The first-order chi connectivity index (χ1) is 5.41. The van der Waals surface area contributed by atoms with E-state index >= 15 is 0 Å². The van der Waals surface area contributed by atoms with Crippen molar-refractivity contribution >= 4 is 0 Å². The third-order valence-corrected chi connectivity index (χ3v) is 1.01. The monoisotopic (exact) mass is 149 g/mol. The molecule has 0 bridgehead atoms. The maximum Gasteiger partial charge on any atom is 0.00277 e. The highest BCUT2D eigenvalue weighted by Crippen LogP contribution is 1.80. The second kappa shape index (κ2) is 8.76. The quantitative estimate of drug-likeness (QED) is 0.605. The molecule has 0 rings (SSSR count). The largest absolute Gasteiger partial charge is 0.394 e. The van der Waals surface area contributed by atoms with Crippen molar-refractivity contribution in [1.29, 1.82) is 0 Å². The molecule has 0 aliphatic heterocycles. The highest BCUT2D eigenvalue weighted by atomic mass is 14.8. The summed E-state index contributed by atoms with van der Waals surface area (Å²) < 4.78 is 0. The van der Waals surface area contributed by atoms with E-state index in [1.807, 2.05) is 62.7 Å². The Balaban J connectivity index is 3.51. The van der Waals surface area contributed by atoms with Gasteiger partial charge in [-0.1, -0.05) is 36.5 Å². The average molecular weight is 149 g/mol. The lowest BCUT2D eigenvalue weighted by molar-refractivity contribution is 1.10. The summed E-state index contributed by atoms with van der Waals surface area (Å²) in [6.45, 7) is 2.00. The van der Waals surface area contributed by atoms with Gasteiger partial charge in [0.1, 0.15) is 0 Å². The van der Waals surface area contributed by atoms with Crippen molar-refractivity contribution in [2.75, 3.05) is 7.05 Å². The molecule has 0 saturated carbocycles. The zero-order valence-corrected chi connectivity index (χ0v) is 7.12. The smallest absolute Gasteiger partial charge is 0.00277 e. The minimum Gasteiger partial charge on any atom is -0.394 e. The summed E-state index contributed by atoms with van der Waals surface area (Å²) in [7, 11) is 1.88. The second-order valence-electron chi connectivity index (χ2n) is 1.94. The molecule has 0 atom stereocenters. The molecule has 0 unspecified atom stereocenters. The minimum absolute atomic E-state index is 1.88. The summed E-state index contributed by atoms with van der Waals surface area (Å²) in [5.41, 5.74) is 0. The normalized spacial score (nSPS) is 12.9. The van der Waals surface area contributed by atoms with Gasteiger partial charge < -0.3 is 5.32 Å². The van der Waals surface area contributed by atoms with Crippen LogP contribution in [0.4, 0.5) is 0 Å². The van der Waals surface area contributed by atoms with Crippen molar-refractivity contribution in [3.8, 4) is 0 Å². The maximum atomic E-state index is 2.90. The van der Waals surface area contributed by atoms with E-state index in [2.05, 4.69) is 5.32 Å². The zero-order chi connectivity index (χ0) is 8.36. The molecule has 0 amide bonds. The summed E-state index contributed by atoms with van der Waals surface area (Å²) in [4.78, 5) is 0. The Bertz CT molecular complexity index is 173. The Morgan fingerprint density at radius 2 is 1.36 bits per heavy atom. The summed E-state index contributed by atoms with van der Waals surface area (Å²) in [6.07, 6.45) is 15.7. The molecule has 11 heavy (non-hydrogen) atoms. The van der Waals surface area contributed by atoms with Crippen LogP contribution >= 0.6 is 0 Å². The van der Waals surface area contributed by atoms with Crippen LogP contribution in [0, 0.1) is 0 Å². The van der Waals surface area contributed by atoms with E-state index < -0.39 is 0 Å². The molecule has 0 aromatic carbocycles. The van der Waals surface area contributed by atoms with Gasteiger partial charge in [0.15, 0.2) is 0 Å². The number of rotatable bonds is 4. The fourth-order valence-electron chi connectivity index (χ4n) is 0.519. The molecule has 1 heteroatoms. The van der Waals surface area contributed by atoms with Gasteiger partial charge in [-0.15, -0.1) is 0 Å². The van der Waals surface area contributed by atoms with Crippen LogP contribution in [0.2, 0.25) is 0 Å². The fraction of sp³-hybridized carbons (Fsp3) is 0.200. The molecular formula is C10H15N. The summed E-state index contributed by atoms with van der Waals surface area (Å²) >= 11 is 0. The topological polar surface area (TPSA) is 12.0 Å². The van der Waals surface area contributed by atoms with E-state index in [1.54, 1.807) is 0 Å². The molecule has 0 saturated heterocycles. The van der Waals surface area contributed by atoms with Gasteiger partial charge in [-0.25, -0.2) is 0 Å². The van der Waals surface area contributed by atoms with Gasteiger partial charge in [0, 0.05) is 7.05 Å². The number of hydrogen-bond donors (Lipinski definition) is 1. The number of hydrogen-bond acceptors (Lipinski definition) is 1. The van der Waals surface area contributed by atoms with Crippen LogP contribution in [0.5, 0.6) is 0 Å². The van der Waals surface area contributed by atoms with Crippen molar-refractivity contribution in [2.24, 2.45) is 0 Å². The molecule has 0 heterocycles. The SMILES string of the molecule is CC=CC=CC=CC=CNC. The Hall–Kier alpha value is -1.24.